The summed E-state index contributed by atoms with van der Waals surface area (Å²) in [4.78, 5) is 0. The Hall–Kier alpha value is -1.43. The molecule has 0 radical (unpaired) electrons. The normalized spacial score (nSPS) is 12.6. The molecule has 19 heavy (non-hydrogen) atoms. The van der Waals surface area contributed by atoms with Crippen molar-refractivity contribution in [2.75, 3.05) is 0 Å². The van der Waals surface area contributed by atoms with Crippen LogP contribution in [0.3, 0.4) is 0 Å². The molecular weight excluding hydrogens is 267 g/mol. The molecule has 4 nitrogen and oxygen atoms in total. The molecule has 1 aromatic carbocycles. The highest BCUT2D eigenvalue weighted by Crippen LogP contribution is 2.24. The van der Waals surface area contributed by atoms with Gasteiger partial charge in [0.15, 0.2) is 0 Å². The smallest absolute Gasteiger partial charge is 0.128 e. The van der Waals surface area contributed by atoms with E-state index in [-0.39, 0.29) is 11.9 Å². The van der Waals surface area contributed by atoms with Gasteiger partial charge in [0.1, 0.15) is 5.82 Å². The van der Waals surface area contributed by atoms with E-state index >= 15 is 0 Å². The molecule has 102 valence electrons. The maximum absolute atomic E-state index is 13.8. The number of aryl methyl sites for hydroxylation is 2. The maximum atomic E-state index is 13.8. The highest BCUT2D eigenvalue weighted by molar-refractivity contribution is 6.30. The number of hydrogen-bond acceptors (Lipinski definition) is 3. The van der Waals surface area contributed by atoms with E-state index in [9.17, 15) is 4.39 Å². The molecule has 1 unspecified atom stereocenters. The molecule has 1 aromatic heterocycles. The van der Waals surface area contributed by atoms with Gasteiger partial charge in [0.2, 0.25) is 0 Å². The number of hydrazine groups is 1. The summed E-state index contributed by atoms with van der Waals surface area (Å²) in [5.41, 5.74) is 4.20. The van der Waals surface area contributed by atoms with Gasteiger partial charge >= 0.3 is 0 Å². The van der Waals surface area contributed by atoms with E-state index in [4.69, 9.17) is 17.4 Å². The molecule has 0 saturated heterocycles. The fourth-order valence-corrected chi connectivity index (χ4v) is 2.23. The van der Waals surface area contributed by atoms with Gasteiger partial charge in [-0.05, 0) is 37.1 Å². The van der Waals surface area contributed by atoms with Crippen LogP contribution < -0.4 is 11.3 Å². The van der Waals surface area contributed by atoms with Crippen molar-refractivity contribution in [1.29, 1.82) is 0 Å². The van der Waals surface area contributed by atoms with Crippen LogP contribution >= 0.6 is 11.6 Å². The highest BCUT2D eigenvalue weighted by atomic mass is 35.5. The minimum atomic E-state index is -0.308. The zero-order valence-corrected chi connectivity index (χ0v) is 11.4. The number of benzene rings is 1. The third-order valence-electron chi connectivity index (χ3n) is 3.15. The van der Waals surface area contributed by atoms with Gasteiger partial charge in [-0.2, -0.15) is 5.10 Å². The van der Waals surface area contributed by atoms with Crippen LogP contribution in [-0.2, 0) is 13.5 Å². The molecule has 0 aliphatic rings. The van der Waals surface area contributed by atoms with Crippen molar-refractivity contribution < 1.29 is 4.39 Å². The molecule has 0 bridgehead atoms. The minimum Gasteiger partial charge on any atom is -0.273 e. The van der Waals surface area contributed by atoms with Crippen molar-refractivity contribution in [2.45, 2.75) is 18.9 Å². The van der Waals surface area contributed by atoms with Crippen LogP contribution in [0.4, 0.5) is 4.39 Å². The Morgan fingerprint density at radius 3 is 2.89 bits per heavy atom. The number of nitrogens with two attached hydrogens (primary N) is 1. The van der Waals surface area contributed by atoms with Crippen molar-refractivity contribution in [3.63, 3.8) is 0 Å². The van der Waals surface area contributed by atoms with E-state index in [1.807, 2.05) is 13.1 Å². The second kappa shape index (κ2) is 6.14. The molecule has 0 saturated carbocycles. The van der Waals surface area contributed by atoms with Crippen LogP contribution in [0.25, 0.3) is 0 Å². The Morgan fingerprint density at radius 2 is 2.26 bits per heavy atom. The van der Waals surface area contributed by atoms with Gasteiger partial charge in [-0.3, -0.25) is 16.0 Å². The van der Waals surface area contributed by atoms with Crippen molar-refractivity contribution in [3.05, 3.63) is 52.6 Å². The zero-order valence-electron chi connectivity index (χ0n) is 10.6. The molecule has 2 aromatic rings. The number of nitrogens with one attached hydrogen (secondary N) is 1. The topological polar surface area (TPSA) is 55.9 Å². The van der Waals surface area contributed by atoms with Crippen molar-refractivity contribution >= 4 is 11.6 Å². The molecule has 1 atom stereocenters. The summed E-state index contributed by atoms with van der Waals surface area (Å²) in [5, 5.41) is 4.59. The summed E-state index contributed by atoms with van der Waals surface area (Å²) >= 11 is 5.89. The van der Waals surface area contributed by atoms with Crippen molar-refractivity contribution in [2.24, 2.45) is 12.9 Å². The van der Waals surface area contributed by atoms with Gasteiger partial charge in [-0.25, -0.2) is 4.39 Å². The van der Waals surface area contributed by atoms with Crippen LogP contribution in [0.1, 0.15) is 23.7 Å². The molecule has 1 heterocycles. The summed E-state index contributed by atoms with van der Waals surface area (Å²) in [6.45, 7) is 0. The van der Waals surface area contributed by atoms with Gasteiger partial charge in [0.25, 0.3) is 0 Å². The predicted octanol–water partition coefficient (Wildman–Crippen LogP) is 2.35. The van der Waals surface area contributed by atoms with Gasteiger partial charge in [0.05, 0.1) is 0 Å². The zero-order chi connectivity index (χ0) is 13.8. The standard InChI is InChI=1S/C13H16ClFN4/c1-19-10(6-7-17-19)3-5-13(18-16)11-8-9(14)2-4-12(11)15/h2,4,6-8,13,18H,3,5,16H2,1H3. The fraction of sp³-hybridized carbons (Fsp3) is 0.308. The lowest BCUT2D eigenvalue weighted by Gasteiger charge is -2.17. The highest BCUT2D eigenvalue weighted by Gasteiger charge is 2.15. The fourth-order valence-electron chi connectivity index (χ4n) is 2.05. The third-order valence-corrected chi connectivity index (χ3v) is 3.38. The lowest BCUT2D eigenvalue weighted by Crippen LogP contribution is -2.29. The maximum Gasteiger partial charge on any atom is 0.128 e. The molecular formula is C13H16ClFN4. The molecule has 2 rings (SSSR count). The first-order valence-electron chi connectivity index (χ1n) is 5.99. The number of nitrogens with zero attached hydrogens (tertiary/aromatic N) is 2. The summed E-state index contributed by atoms with van der Waals surface area (Å²) in [6.07, 6.45) is 3.14. The first-order chi connectivity index (χ1) is 9.11. The minimum absolute atomic E-state index is 0.284. The van der Waals surface area contributed by atoms with Crippen molar-refractivity contribution in [3.8, 4) is 0 Å². The first kappa shape index (κ1) is 14.0. The van der Waals surface area contributed by atoms with Gasteiger partial charge in [0, 0.05) is 35.6 Å². The predicted molar refractivity (Wildman–Crippen MR) is 73.0 cm³/mol. The second-order valence-electron chi connectivity index (χ2n) is 4.37. The SMILES string of the molecule is Cn1nccc1CCC(NN)c1cc(Cl)ccc1F. The molecule has 0 aliphatic heterocycles. The van der Waals surface area contributed by atoms with Crippen LogP contribution in [0, 0.1) is 5.82 Å². The van der Waals surface area contributed by atoms with Crippen molar-refractivity contribution in [1.82, 2.24) is 15.2 Å². The molecule has 0 fully saturated rings. The monoisotopic (exact) mass is 282 g/mol. The number of hydrogen-bond donors (Lipinski definition) is 2. The van der Waals surface area contributed by atoms with E-state index in [1.165, 1.54) is 12.1 Å². The van der Waals surface area contributed by atoms with Gasteiger partial charge < -0.3 is 0 Å². The average molecular weight is 283 g/mol. The Balaban J connectivity index is 2.12. The van der Waals surface area contributed by atoms with Crippen LogP contribution in [0.2, 0.25) is 5.02 Å². The molecule has 3 N–H and O–H groups in total. The number of aromatic nitrogens is 2. The molecule has 6 heteroatoms. The quantitative estimate of drug-likeness (QED) is 0.654. The Bertz CT molecular complexity index is 555. The van der Waals surface area contributed by atoms with E-state index in [2.05, 4.69) is 10.5 Å². The second-order valence-corrected chi connectivity index (χ2v) is 4.81. The lowest BCUT2D eigenvalue weighted by molar-refractivity contribution is 0.479. The largest absolute Gasteiger partial charge is 0.273 e. The number of rotatable bonds is 5. The van der Waals surface area contributed by atoms with E-state index in [0.29, 0.717) is 17.0 Å². The summed E-state index contributed by atoms with van der Waals surface area (Å²) in [6, 6.07) is 6.13. The Morgan fingerprint density at radius 1 is 1.47 bits per heavy atom. The van der Waals surface area contributed by atoms with E-state index in [0.717, 1.165) is 12.1 Å². The summed E-state index contributed by atoms with van der Waals surface area (Å²) in [5.74, 6) is 5.21. The lowest BCUT2D eigenvalue weighted by atomic mass is 10.0. The molecule has 0 spiro atoms. The summed E-state index contributed by atoms with van der Waals surface area (Å²) < 4.78 is 15.6. The van der Waals surface area contributed by atoms with Crippen LogP contribution in [0.5, 0.6) is 0 Å². The van der Waals surface area contributed by atoms with Crippen LogP contribution in [-0.4, -0.2) is 9.78 Å². The summed E-state index contributed by atoms with van der Waals surface area (Å²) in [7, 11) is 1.88. The van der Waals surface area contributed by atoms with E-state index in [1.54, 1.807) is 16.9 Å². The number of halogens is 2. The van der Waals surface area contributed by atoms with Gasteiger partial charge in [-0.1, -0.05) is 11.6 Å². The van der Waals surface area contributed by atoms with Crippen LogP contribution in [0.15, 0.2) is 30.5 Å². The third kappa shape index (κ3) is 3.32. The molecule has 0 amide bonds. The molecule has 0 aliphatic carbocycles. The Labute approximate surface area is 116 Å². The van der Waals surface area contributed by atoms with E-state index < -0.39 is 0 Å². The first-order valence-corrected chi connectivity index (χ1v) is 6.37. The average Bonchev–Trinajstić information content (AvgIpc) is 2.80. The van der Waals surface area contributed by atoms with Gasteiger partial charge in [-0.15, -0.1) is 0 Å². The Kier molecular flexibility index (Phi) is 4.52.